The summed E-state index contributed by atoms with van der Waals surface area (Å²) in [5.74, 6) is 0. The Kier molecular flexibility index (Phi) is 5.51. The lowest BCUT2D eigenvalue weighted by Crippen LogP contribution is -2.60. The Labute approximate surface area is 139 Å². The first-order chi connectivity index (χ1) is 11.5. The van der Waals surface area contributed by atoms with Gasteiger partial charge in [-0.05, 0) is 19.3 Å². The molecule has 2 heterocycles. The number of piperazine rings is 1. The van der Waals surface area contributed by atoms with Gasteiger partial charge in [0.2, 0.25) is 0 Å². The van der Waals surface area contributed by atoms with Gasteiger partial charge in [0.1, 0.15) is 6.04 Å². The summed E-state index contributed by atoms with van der Waals surface area (Å²) in [5, 5.41) is 5.56. The molecule has 138 valence electrons. The fraction of sp³-hybridized carbons (Fsp3) is 0.933. The Morgan fingerprint density at radius 2 is 2.00 bits per heavy atom. The average Bonchev–Trinajstić information content (AvgIpc) is 3.03. The van der Waals surface area contributed by atoms with Crippen LogP contribution in [0, 0.1) is 0 Å². The lowest BCUT2D eigenvalue weighted by Gasteiger charge is -2.39. The summed E-state index contributed by atoms with van der Waals surface area (Å²) in [6.45, 7) is 2.23. The highest BCUT2D eigenvalue weighted by Gasteiger charge is 2.44. The quantitative estimate of drug-likeness (QED) is 0.790. The summed E-state index contributed by atoms with van der Waals surface area (Å²) in [6.07, 6.45) is -1.55. The zero-order chi connectivity index (χ0) is 17.2. The number of amides is 2. The molecule has 1 saturated carbocycles. The number of urea groups is 1. The summed E-state index contributed by atoms with van der Waals surface area (Å²) >= 11 is 0. The summed E-state index contributed by atoms with van der Waals surface area (Å²) in [4.78, 5) is 15.5. The van der Waals surface area contributed by atoms with Crippen molar-refractivity contribution in [2.45, 2.75) is 43.6 Å². The highest BCUT2D eigenvalue weighted by Crippen LogP contribution is 2.30. The van der Waals surface area contributed by atoms with Crippen LogP contribution in [0.4, 0.5) is 18.0 Å². The van der Waals surface area contributed by atoms with Crippen LogP contribution in [-0.2, 0) is 4.74 Å². The van der Waals surface area contributed by atoms with Gasteiger partial charge in [0.15, 0.2) is 0 Å². The van der Waals surface area contributed by atoms with Crippen LogP contribution in [0.2, 0.25) is 0 Å². The van der Waals surface area contributed by atoms with Gasteiger partial charge in [-0.2, -0.15) is 13.2 Å². The minimum atomic E-state index is -4.36. The second kappa shape index (κ2) is 7.45. The minimum Gasteiger partial charge on any atom is -0.374 e. The third-order valence-corrected chi connectivity index (χ3v) is 5.16. The van der Waals surface area contributed by atoms with Gasteiger partial charge in [0, 0.05) is 39.3 Å². The molecule has 0 bridgehead atoms. The van der Waals surface area contributed by atoms with Crippen molar-refractivity contribution in [3.05, 3.63) is 0 Å². The maximum atomic E-state index is 13.4. The lowest BCUT2D eigenvalue weighted by atomic mass is 10.1. The van der Waals surface area contributed by atoms with Crippen LogP contribution in [0.15, 0.2) is 0 Å². The fourth-order valence-electron chi connectivity index (χ4n) is 3.91. The number of halogens is 3. The summed E-state index contributed by atoms with van der Waals surface area (Å²) in [6, 6.07) is -2.04. The smallest absolute Gasteiger partial charge is 0.374 e. The molecule has 0 aromatic rings. The first kappa shape index (κ1) is 17.8. The van der Waals surface area contributed by atoms with Crippen LogP contribution in [0.25, 0.3) is 0 Å². The Bertz CT molecular complexity index is 443. The predicted octanol–water partition coefficient (Wildman–Crippen LogP) is 0.785. The van der Waals surface area contributed by atoms with E-state index in [4.69, 9.17) is 4.74 Å². The van der Waals surface area contributed by atoms with Gasteiger partial charge >= 0.3 is 12.2 Å². The predicted molar refractivity (Wildman–Crippen MR) is 81.8 cm³/mol. The number of carbonyl (C=O) groups is 1. The van der Waals surface area contributed by atoms with E-state index in [1.54, 1.807) is 4.90 Å². The molecule has 1 aliphatic carbocycles. The summed E-state index contributed by atoms with van der Waals surface area (Å²) in [5.41, 5.74) is 0. The summed E-state index contributed by atoms with van der Waals surface area (Å²) in [7, 11) is 0. The number of hydrogen-bond acceptors (Lipinski definition) is 4. The van der Waals surface area contributed by atoms with Crippen molar-refractivity contribution in [3.8, 4) is 0 Å². The van der Waals surface area contributed by atoms with E-state index >= 15 is 0 Å². The van der Waals surface area contributed by atoms with E-state index in [0.29, 0.717) is 39.3 Å². The number of nitrogens with one attached hydrogen (secondary N) is 2. The van der Waals surface area contributed by atoms with Crippen LogP contribution >= 0.6 is 0 Å². The van der Waals surface area contributed by atoms with Gasteiger partial charge in [0.25, 0.3) is 0 Å². The maximum Gasteiger partial charge on any atom is 0.405 e. The van der Waals surface area contributed by atoms with Gasteiger partial charge in [0.05, 0.1) is 18.8 Å². The van der Waals surface area contributed by atoms with E-state index in [9.17, 15) is 18.0 Å². The van der Waals surface area contributed by atoms with Crippen molar-refractivity contribution in [1.82, 2.24) is 20.4 Å². The van der Waals surface area contributed by atoms with E-state index < -0.39 is 24.8 Å². The van der Waals surface area contributed by atoms with Gasteiger partial charge in [-0.1, -0.05) is 0 Å². The van der Waals surface area contributed by atoms with Crippen LogP contribution < -0.4 is 10.6 Å². The van der Waals surface area contributed by atoms with Gasteiger partial charge in [-0.25, -0.2) is 4.79 Å². The number of rotatable bonds is 3. The molecule has 3 fully saturated rings. The molecule has 9 heteroatoms. The Morgan fingerprint density at radius 3 is 2.71 bits per heavy atom. The first-order valence-electron chi connectivity index (χ1n) is 8.64. The number of hydrogen-bond donors (Lipinski definition) is 2. The lowest BCUT2D eigenvalue weighted by molar-refractivity contribution is -0.183. The molecule has 3 aliphatic rings. The Hall–Kier alpha value is -1.06. The maximum absolute atomic E-state index is 13.4. The number of ether oxygens (including phenoxy) is 1. The second-order valence-corrected chi connectivity index (χ2v) is 6.63. The van der Waals surface area contributed by atoms with Crippen molar-refractivity contribution >= 4 is 6.03 Å². The third-order valence-electron chi connectivity index (χ3n) is 5.16. The normalized spacial score (nSPS) is 30.0. The molecule has 1 unspecified atom stereocenters. The molecule has 24 heavy (non-hydrogen) atoms. The topological polar surface area (TPSA) is 56.8 Å². The monoisotopic (exact) mass is 350 g/mol. The minimum absolute atomic E-state index is 0.00211. The zero-order valence-electron chi connectivity index (χ0n) is 13.6. The van der Waals surface area contributed by atoms with E-state index in [1.807, 2.05) is 0 Å². The number of carbonyl (C=O) groups excluding carboxylic acids is 1. The Morgan fingerprint density at radius 1 is 1.25 bits per heavy atom. The Balaban J connectivity index is 1.58. The average molecular weight is 350 g/mol. The number of morpholine rings is 1. The molecular weight excluding hydrogens is 325 g/mol. The van der Waals surface area contributed by atoms with Crippen LogP contribution in [-0.4, -0.2) is 86.1 Å². The molecular formula is C15H25F3N4O2. The van der Waals surface area contributed by atoms with Crippen molar-refractivity contribution in [3.63, 3.8) is 0 Å². The third kappa shape index (κ3) is 3.94. The fourth-order valence-corrected chi connectivity index (χ4v) is 3.91. The number of nitrogens with zero attached hydrogens (tertiary/aromatic N) is 2. The van der Waals surface area contributed by atoms with Crippen LogP contribution in [0.1, 0.15) is 19.3 Å². The number of alkyl halides is 3. The molecule has 0 aromatic carbocycles. The van der Waals surface area contributed by atoms with Crippen molar-refractivity contribution in [2.24, 2.45) is 0 Å². The molecule has 3 atom stereocenters. The number of fused-ring (bicyclic) bond motifs is 1. The van der Waals surface area contributed by atoms with Gasteiger partial charge in [-0.3, -0.25) is 4.90 Å². The molecule has 3 rings (SSSR count). The highest BCUT2D eigenvalue weighted by molar-refractivity contribution is 5.74. The van der Waals surface area contributed by atoms with E-state index in [2.05, 4.69) is 10.6 Å². The standard InChI is InChI=1S/C15H25F3N4O2/c16-15(17,18)13(21-6-4-19-5-7-21)10-20-14(23)22-8-9-24-12-3-1-2-11(12)22/h11-13,19H,1-10H2,(H,20,23)/t11-,12+,13?/m0/s1. The van der Waals surface area contributed by atoms with Crippen LogP contribution in [0.3, 0.4) is 0 Å². The zero-order valence-corrected chi connectivity index (χ0v) is 13.6. The van der Waals surface area contributed by atoms with Crippen LogP contribution in [0.5, 0.6) is 0 Å². The van der Waals surface area contributed by atoms with Gasteiger partial charge < -0.3 is 20.3 Å². The van der Waals surface area contributed by atoms with E-state index in [1.165, 1.54) is 4.90 Å². The molecule has 2 saturated heterocycles. The molecule has 2 aliphatic heterocycles. The van der Waals surface area contributed by atoms with Crippen molar-refractivity contribution < 1.29 is 22.7 Å². The molecule has 2 amide bonds. The molecule has 2 N–H and O–H groups in total. The largest absolute Gasteiger partial charge is 0.405 e. The first-order valence-corrected chi connectivity index (χ1v) is 8.64. The van der Waals surface area contributed by atoms with E-state index in [-0.39, 0.29) is 12.1 Å². The van der Waals surface area contributed by atoms with Crippen molar-refractivity contribution in [2.75, 3.05) is 45.9 Å². The van der Waals surface area contributed by atoms with E-state index in [0.717, 1.165) is 19.3 Å². The SMILES string of the molecule is O=C(NCC(N1CCNCC1)C(F)(F)F)N1CCO[C@@H]2CCC[C@@H]21. The highest BCUT2D eigenvalue weighted by atomic mass is 19.4. The molecule has 6 nitrogen and oxygen atoms in total. The van der Waals surface area contributed by atoms with Gasteiger partial charge in [-0.15, -0.1) is 0 Å². The molecule has 0 spiro atoms. The summed E-state index contributed by atoms with van der Waals surface area (Å²) < 4.78 is 45.7. The molecule has 0 aromatic heterocycles. The molecule has 0 radical (unpaired) electrons. The van der Waals surface area contributed by atoms with Crippen molar-refractivity contribution in [1.29, 1.82) is 0 Å². The second-order valence-electron chi connectivity index (χ2n) is 6.63.